The fraction of sp³-hybridized carbons (Fsp3) is 0.161. The summed E-state index contributed by atoms with van der Waals surface area (Å²) in [6.45, 7) is 0.449. The highest BCUT2D eigenvalue weighted by Gasteiger charge is 2.39. The second-order valence-electron chi connectivity index (χ2n) is 9.30. The molecule has 1 amide bonds. The Morgan fingerprint density at radius 1 is 0.850 bits per heavy atom. The molecular weight excluding hydrogens is 510 g/mol. The van der Waals surface area contributed by atoms with Crippen LogP contribution in [0, 0.1) is 10.1 Å². The monoisotopic (exact) mass is 537 g/mol. The van der Waals surface area contributed by atoms with Gasteiger partial charge in [-0.15, -0.1) is 0 Å². The van der Waals surface area contributed by atoms with E-state index in [4.69, 9.17) is 9.47 Å². The van der Waals surface area contributed by atoms with Crippen LogP contribution in [-0.2, 0) is 22.6 Å². The molecule has 0 saturated heterocycles. The minimum absolute atomic E-state index is 0.150. The summed E-state index contributed by atoms with van der Waals surface area (Å²) in [4.78, 5) is 40.7. The van der Waals surface area contributed by atoms with E-state index in [-0.39, 0.29) is 30.3 Å². The van der Waals surface area contributed by atoms with Crippen LogP contribution in [0.2, 0.25) is 0 Å². The van der Waals surface area contributed by atoms with Crippen molar-refractivity contribution in [1.29, 1.82) is 0 Å². The Bertz CT molecular complexity index is 1530. The van der Waals surface area contributed by atoms with Crippen molar-refractivity contribution in [2.24, 2.45) is 0 Å². The van der Waals surface area contributed by atoms with Crippen LogP contribution in [0.4, 0.5) is 11.4 Å². The lowest BCUT2D eigenvalue weighted by Gasteiger charge is -2.46. The van der Waals surface area contributed by atoms with E-state index in [1.54, 1.807) is 29.2 Å². The van der Waals surface area contributed by atoms with E-state index < -0.39 is 17.1 Å². The molecule has 9 nitrogen and oxygen atoms in total. The molecule has 40 heavy (non-hydrogen) atoms. The van der Waals surface area contributed by atoms with Crippen LogP contribution in [0.15, 0.2) is 103 Å². The van der Waals surface area contributed by atoms with Crippen molar-refractivity contribution in [3.8, 4) is 5.75 Å². The molecule has 0 fully saturated rings. The minimum atomic E-state index is -0.580. The number of ether oxygens (including phenoxy) is 2. The summed E-state index contributed by atoms with van der Waals surface area (Å²) in [5.41, 5.74) is 3.37. The summed E-state index contributed by atoms with van der Waals surface area (Å²) in [7, 11) is 1.29. The van der Waals surface area contributed by atoms with Gasteiger partial charge in [-0.3, -0.25) is 14.9 Å². The van der Waals surface area contributed by atoms with Crippen LogP contribution in [0.3, 0.4) is 0 Å². The average molecular weight is 538 g/mol. The number of esters is 1. The third-order valence-corrected chi connectivity index (χ3v) is 6.71. The topological polar surface area (TPSA) is 102 Å². The number of non-ortho nitro benzene ring substituents is 1. The number of hydrogen-bond acceptors (Lipinski definition) is 7. The molecule has 0 radical (unpaired) electrons. The molecule has 4 aromatic carbocycles. The molecule has 9 heteroatoms. The lowest BCUT2D eigenvalue weighted by molar-refractivity contribution is -0.384. The SMILES string of the molecule is COC(=O)COc1cccc([C@H]2N(Cc3ccccc3)C(=O)c3cc([N+](=O)[O-])ccc3N2Cc2ccccc2)c1. The summed E-state index contributed by atoms with van der Waals surface area (Å²) in [5.74, 6) is -0.382. The predicted octanol–water partition coefficient (Wildman–Crippen LogP) is 5.51. The molecule has 202 valence electrons. The molecule has 0 unspecified atom stereocenters. The molecule has 0 spiro atoms. The Balaban J connectivity index is 1.65. The number of carbonyl (C=O) groups is 2. The van der Waals surface area contributed by atoms with Crippen molar-refractivity contribution < 1.29 is 24.0 Å². The van der Waals surface area contributed by atoms with Gasteiger partial charge in [0.25, 0.3) is 11.6 Å². The molecule has 1 atom stereocenters. The Morgan fingerprint density at radius 2 is 1.50 bits per heavy atom. The normalized spacial score (nSPS) is 14.4. The number of benzene rings is 4. The molecule has 0 N–H and O–H groups in total. The summed E-state index contributed by atoms with van der Waals surface area (Å²) in [6.07, 6.45) is -0.580. The molecule has 0 aliphatic carbocycles. The van der Waals surface area contributed by atoms with Gasteiger partial charge in [-0.05, 0) is 34.9 Å². The van der Waals surface area contributed by atoms with Crippen LogP contribution in [0.1, 0.15) is 33.2 Å². The largest absolute Gasteiger partial charge is 0.482 e. The van der Waals surface area contributed by atoms with Gasteiger partial charge in [0.2, 0.25) is 0 Å². The zero-order chi connectivity index (χ0) is 28.1. The molecule has 0 saturated carbocycles. The van der Waals surface area contributed by atoms with Crippen molar-refractivity contribution in [3.63, 3.8) is 0 Å². The van der Waals surface area contributed by atoms with E-state index in [9.17, 15) is 19.7 Å². The molecule has 1 aliphatic heterocycles. The zero-order valence-electron chi connectivity index (χ0n) is 21.8. The molecule has 1 heterocycles. The van der Waals surface area contributed by atoms with E-state index >= 15 is 0 Å². The van der Waals surface area contributed by atoms with Gasteiger partial charge < -0.3 is 19.3 Å². The Hall–Kier alpha value is -5.18. The number of methoxy groups -OCH3 is 1. The zero-order valence-corrected chi connectivity index (χ0v) is 21.8. The first-order chi connectivity index (χ1) is 19.4. The number of nitrogens with zero attached hydrogens (tertiary/aromatic N) is 3. The second kappa shape index (κ2) is 11.7. The van der Waals surface area contributed by atoms with E-state index in [0.717, 1.165) is 16.7 Å². The fourth-order valence-corrected chi connectivity index (χ4v) is 4.84. The highest BCUT2D eigenvalue weighted by Crippen LogP contribution is 2.42. The van der Waals surface area contributed by atoms with Crippen molar-refractivity contribution in [2.75, 3.05) is 18.6 Å². The van der Waals surface area contributed by atoms with Gasteiger partial charge in [0.15, 0.2) is 6.61 Å². The summed E-state index contributed by atoms with van der Waals surface area (Å²) >= 11 is 0. The lowest BCUT2D eigenvalue weighted by atomic mass is 9.98. The van der Waals surface area contributed by atoms with Crippen LogP contribution in [-0.4, -0.2) is 35.4 Å². The highest BCUT2D eigenvalue weighted by molar-refractivity contribution is 6.02. The maximum Gasteiger partial charge on any atom is 0.343 e. The number of hydrogen-bond donors (Lipinski definition) is 0. The van der Waals surface area contributed by atoms with Gasteiger partial charge in [0.05, 0.1) is 23.3 Å². The smallest absolute Gasteiger partial charge is 0.343 e. The van der Waals surface area contributed by atoms with Gasteiger partial charge in [0.1, 0.15) is 11.9 Å². The maximum absolute atomic E-state index is 14.1. The molecule has 1 aliphatic rings. The Labute approximate surface area is 231 Å². The van der Waals surface area contributed by atoms with Crippen molar-refractivity contribution in [3.05, 3.63) is 135 Å². The fourth-order valence-electron chi connectivity index (χ4n) is 4.84. The van der Waals surface area contributed by atoms with Crippen molar-refractivity contribution in [2.45, 2.75) is 19.3 Å². The lowest BCUT2D eigenvalue weighted by Crippen LogP contribution is -2.48. The second-order valence-corrected chi connectivity index (χ2v) is 9.30. The molecule has 0 aromatic heterocycles. The first-order valence-electron chi connectivity index (χ1n) is 12.7. The number of nitro groups is 1. The van der Waals surface area contributed by atoms with Gasteiger partial charge >= 0.3 is 5.97 Å². The number of amides is 1. The van der Waals surface area contributed by atoms with E-state index in [2.05, 4.69) is 4.90 Å². The first-order valence-corrected chi connectivity index (χ1v) is 12.7. The third-order valence-electron chi connectivity index (χ3n) is 6.71. The van der Waals surface area contributed by atoms with E-state index in [0.29, 0.717) is 18.0 Å². The number of rotatable bonds is 9. The Kier molecular flexibility index (Phi) is 7.72. The van der Waals surface area contributed by atoms with Crippen LogP contribution >= 0.6 is 0 Å². The number of nitro benzene ring substituents is 1. The Morgan fingerprint density at radius 3 is 2.12 bits per heavy atom. The number of anilines is 1. The number of fused-ring (bicyclic) bond motifs is 1. The van der Waals surface area contributed by atoms with Crippen LogP contribution in [0.5, 0.6) is 5.75 Å². The summed E-state index contributed by atoms with van der Waals surface area (Å²) < 4.78 is 10.4. The van der Waals surface area contributed by atoms with Crippen LogP contribution in [0.25, 0.3) is 0 Å². The predicted molar refractivity (Wildman–Crippen MR) is 149 cm³/mol. The van der Waals surface area contributed by atoms with Gasteiger partial charge in [0, 0.05) is 25.2 Å². The molecule has 0 bridgehead atoms. The quantitative estimate of drug-likeness (QED) is 0.158. The summed E-state index contributed by atoms with van der Waals surface area (Å²) in [5, 5.41) is 11.6. The highest BCUT2D eigenvalue weighted by atomic mass is 16.6. The minimum Gasteiger partial charge on any atom is -0.482 e. The van der Waals surface area contributed by atoms with Crippen molar-refractivity contribution in [1.82, 2.24) is 4.90 Å². The third kappa shape index (κ3) is 5.63. The standard InChI is InChI=1S/C31H27N3O6/c1-39-29(35)21-40-26-14-8-13-24(17-26)30-32(19-22-9-4-2-5-10-22)28-16-15-25(34(37)38)18-27(28)31(36)33(30)20-23-11-6-3-7-12-23/h2-18,30H,19-21H2,1H3/t30-/m1/s1. The van der Waals surface area contributed by atoms with Gasteiger partial charge in [-0.2, -0.15) is 0 Å². The summed E-state index contributed by atoms with van der Waals surface area (Å²) in [6, 6.07) is 31.0. The van der Waals surface area contributed by atoms with Gasteiger partial charge in [-0.25, -0.2) is 4.79 Å². The van der Waals surface area contributed by atoms with Gasteiger partial charge in [-0.1, -0.05) is 72.8 Å². The number of carbonyl (C=O) groups excluding carboxylic acids is 2. The first kappa shape index (κ1) is 26.4. The van der Waals surface area contributed by atoms with Crippen molar-refractivity contribution >= 4 is 23.3 Å². The molecule has 4 aromatic rings. The maximum atomic E-state index is 14.1. The van der Waals surface area contributed by atoms with E-state index in [1.807, 2.05) is 66.7 Å². The van der Waals surface area contributed by atoms with Crippen LogP contribution < -0.4 is 9.64 Å². The molecular formula is C31H27N3O6. The molecule has 5 rings (SSSR count). The average Bonchev–Trinajstić information content (AvgIpc) is 2.99. The van der Waals surface area contributed by atoms with E-state index in [1.165, 1.54) is 19.2 Å².